The first-order valence-electron chi connectivity index (χ1n) is 8.77. The van der Waals surface area contributed by atoms with Crippen molar-refractivity contribution in [3.8, 4) is 5.75 Å². The van der Waals surface area contributed by atoms with Gasteiger partial charge in [-0.2, -0.15) is 0 Å². The van der Waals surface area contributed by atoms with E-state index in [9.17, 15) is 5.11 Å². The SMILES string of the molecule is CC/C=C/CCN1CCC2(C)c3cc(O)ccc3CC1C2C. The highest BCUT2D eigenvalue weighted by molar-refractivity contribution is 5.44. The van der Waals surface area contributed by atoms with Gasteiger partial charge in [0.25, 0.3) is 0 Å². The first-order chi connectivity index (χ1) is 10.6. The molecular weight excluding hydrogens is 270 g/mol. The van der Waals surface area contributed by atoms with E-state index in [4.69, 9.17) is 0 Å². The van der Waals surface area contributed by atoms with Gasteiger partial charge in [-0.15, -0.1) is 0 Å². The fourth-order valence-electron chi connectivity index (χ4n) is 4.50. The van der Waals surface area contributed by atoms with Crippen molar-refractivity contribution in [3.63, 3.8) is 0 Å². The number of fused-ring (bicyclic) bond motifs is 4. The van der Waals surface area contributed by atoms with Crippen molar-refractivity contribution < 1.29 is 5.11 Å². The topological polar surface area (TPSA) is 23.5 Å². The van der Waals surface area contributed by atoms with Gasteiger partial charge in [-0.05, 0) is 66.8 Å². The number of benzene rings is 1. The van der Waals surface area contributed by atoms with Crippen LogP contribution in [0.15, 0.2) is 30.4 Å². The van der Waals surface area contributed by atoms with Crippen molar-refractivity contribution in [2.75, 3.05) is 13.1 Å². The molecule has 0 aromatic heterocycles. The van der Waals surface area contributed by atoms with Gasteiger partial charge < -0.3 is 5.11 Å². The van der Waals surface area contributed by atoms with Gasteiger partial charge in [0.2, 0.25) is 0 Å². The number of phenolic OH excluding ortho intramolecular Hbond substituents is 1. The van der Waals surface area contributed by atoms with E-state index in [1.54, 1.807) is 0 Å². The Bertz CT molecular complexity index is 565. The van der Waals surface area contributed by atoms with Crippen LogP contribution in [0, 0.1) is 5.92 Å². The maximum Gasteiger partial charge on any atom is 0.115 e. The molecule has 2 bridgehead atoms. The maximum absolute atomic E-state index is 9.89. The van der Waals surface area contributed by atoms with E-state index in [2.05, 4.69) is 43.9 Å². The lowest BCUT2D eigenvalue weighted by molar-refractivity contribution is 0.0326. The van der Waals surface area contributed by atoms with Crippen molar-refractivity contribution >= 4 is 0 Å². The molecule has 1 N–H and O–H groups in total. The Morgan fingerprint density at radius 3 is 2.95 bits per heavy atom. The number of phenols is 1. The fourth-order valence-corrected chi connectivity index (χ4v) is 4.50. The first kappa shape index (κ1) is 15.6. The summed E-state index contributed by atoms with van der Waals surface area (Å²) in [5, 5.41) is 9.89. The van der Waals surface area contributed by atoms with Gasteiger partial charge in [-0.3, -0.25) is 4.90 Å². The van der Waals surface area contributed by atoms with Crippen LogP contribution in [0.5, 0.6) is 5.75 Å². The molecule has 3 atom stereocenters. The van der Waals surface area contributed by atoms with Crippen LogP contribution < -0.4 is 0 Å². The van der Waals surface area contributed by atoms with Crippen LogP contribution in [0.25, 0.3) is 0 Å². The third kappa shape index (κ3) is 2.58. The van der Waals surface area contributed by atoms with E-state index in [1.165, 1.54) is 30.6 Å². The molecule has 2 heteroatoms. The van der Waals surface area contributed by atoms with Crippen LogP contribution >= 0.6 is 0 Å². The Kier molecular flexibility index (Phi) is 4.31. The summed E-state index contributed by atoms with van der Waals surface area (Å²) in [5.74, 6) is 1.06. The maximum atomic E-state index is 9.89. The normalized spacial score (nSPS) is 31.4. The van der Waals surface area contributed by atoms with E-state index in [0.717, 1.165) is 19.3 Å². The molecule has 120 valence electrons. The molecule has 3 unspecified atom stereocenters. The summed E-state index contributed by atoms with van der Waals surface area (Å²) in [6.45, 7) is 9.36. The Balaban J connectivity index is 1.83. The van der Waals surface area contributed by atoms with Crippen LogP contribution in [0.1, 0.15) is 51.2 Å². The largest absolute Gasteiger partial charge is 0.508 e. The predicted octanol–water partition coefficient (Wildman–Crippen LogP) is 4.27. The van der Waals surface area contributed by atoms with Gasteiger partial charge in [0.15, 0.2) is 0 Å². The number of piperidine rings is 1. The summed E-state index contributed by atoms with van der Waals surface area (Å²) in [6.07, 6.45) is 9.22. The van der Waals surface area contributed by atoms with Gasteiger partial charge in [0.1, 0.15) is 5.75 Å². The van der Waals surface area contributed by atoms with Crippen LogP contribution in [-0.2, 0) is 11.8 Å². The number of hydrogen-bond acceptors (Lipinski definition) is 2. The highest BCUT2D eigenvalue weighted by atomic mass is 16.3. The monoisotopic (exact) mass is 299 g/mol. The third-order valence-corrected chi connectivity index (χ3v) is 6.09. The Morgan fingerprint density at radius 1 is 1.36 bits per heavy atom. The molecule has 0 saturated carbocycles. The van der Waals surface area contributed by atoms with E-state index in [-0.39, 0.29) is 5.41 Å². The van der Waals surface area contributed by atoms with Crippen molar-refractivity contribution in [2.45, 2.75) is 57.9 Å². The second kappa shape index (κ2) is 6.08. The molecule has 2 nitrogen and oxygen atoms in total. The molecule has 0 spiro atoms. The van der Waals surface area contributed by atoms with Gasteiger partial charge in [-0.25, -0.2) is 0 Å². The molecule has 0 amide bonds. The minimum Gasteiger partial charge on any atom is -0.508 e. The Hall–Kier alpha value is -1.28. The standard InChI is InChI=1S/C20H29NO/c1-4-5-6-7-11-21-12-10-20(3)15(2)19(21)13-16-8-9-17(22)14-18(16)20/h5-6,8-9,14-15,19,22H,4,7,10-13H2,1-3H3/b6-5+. The van der Waals surface area contributed by atoms with E-state index in [1.807, 2.05) is 12.1 Å². The molecule has 1 saturated heterocycles. The number of allylic oxidation sites excluding steroid dienone is 1. The molecule has 1 aromatic rings. The Morgan fingerprint density at radius 2 is 2.18 bits per heavy atom. The van der Waals surface area contributed by atoms with Crippen LogP contribution in [0.4, 0.5) is 0 Å². The quantitative estimate of drug-likeness (QED) is 0.839. The molecule has 1 heterocycles. The average molecular weight is 299 g/mol. The molecule has 3 rings (SSSR count). The summed E-state index contributed by atoms with van der Waals surface area (Å²) < 4.78 is 0. The van der Waals surface area contributed by atoms with Crippen molar-refractivity contribution in [1.82, 2.24) is 4.90 Å². The lowest BCUT2D eigenvalue weighted by atomic mass is 9.59. The molecule has 1 aliphatic heterocycles. The van der Waals surface area contributed by atoms with Crippen LogP contribution in [0.2, 0.25) is 0 Å². The minimum atomic E-state index is 0.215. The number of rotatable bonds is 4. The highest BCUT2D eigenvalue weighted by Gasteiger charge is 2.48. The second-order valence-corrected chi connectivity index (χ2v) is 7.27. The van der Waals surface area contributed by atoms with E-state index in [0.29, 0.717) is 17.7 Å². The summed E-state index contributed by atoms with van der Waals surface area (Å²) in [4.78, 5) is 2.70. The lowest BCUT2D eigenvalue weighted by Crippen LogP contribution is -2.58. The smallest absolute Gasteiger partial charge is 0.115 e. The zero-order valence-corrected chi connectivity index (χ0v) is 14.2. The number of nitrogens with zero attached hydrogens (tertiary/aromatic N) is 1. The highest BCUT2D eigenvalue weighted by Crippen LogP contribution is 2.49. The summed E-state index contributed by atoms with van der Waals surface area (Å²) in [7, 11) is 0. The molecule has 1 aliphatic carbocycles. The van der Waals surface area contributed by atoms with Gasteiger partial charge in [0.05, 0.1) is 0 Å². The summed E-state index contributed by atoms with van der Waals surface area (Å²) >= 11 is 0. The zero-order valence-electron chi connectivity index (χ0n) is 14.2. The predicted molar refractivity (Wildman–Crippen MR) is 92.4 cm³/mol. The van der Waals surface area contributed by atoms with Gasteiger partial charge in [-0.1, -0.05) is 39.0 Å². The lowest BCUT2D eigenvalue weighted by Gasteiger charge is -2.54. The molecule has 2 aliphatic rings. The fraction of sp³-hybridized carbons (Fsp3) is 0.600. The van der Waals surface area contributed by atoms with Crippen LogP contribution in [0.3, 0.4) is 0 Å². The Labute approximate surface area is 134 Å². The van der Waals surface area contributed by atoms with Crippen molar-refractivity contribution in [1.29, 1.82) is 0 Å². The first-order valence-corrected chi connectivity index (χ1v) is 8.77. The van der Waals surface area contributed by atoms with Gasteiger partial charge >= 0.3 is 0 Å². The molecular formula is C20H29NO. The van der Waals surface area contributed by atoms with Crippen molar-refractivity contribution in [3.05, 3.63) is 41.5 Å². The van der Waals surface area contributed by atoms with E-state index >= 15 is 0 Å². The number of aromatic hydroxyl groups is 1. The number of hydrogen-bond donors (Lipinski definition) is 1. The molecule has 1 aromatic carbocycles. The molecule has 1 fully saturated rings. The van der Waals surface area contributed by atoms with Crippen molar-refractivity contribution in [2.24, 2.45) is 5.92 Å². The summed E-state index contributed by atoms with van der Waals surface area (Å²) in [5.41, 5.74) is 3.05. The van der Waals surface area contributed by atoms with Crippen LogP contribution in [-0.4, -0.2) is 29.1 Å². The minimum absolute atomic E-state index is 0.215. The zero-order chi connectivity index (χ0) is 15.7. The van der Waals surface area contributed by atoms with Gasteiger partial charge in [0, 0.05) is 12.6 Å². The molecule has 22 heavy (non-hydrogen) atoms. The average Bonchev–Trinajstić information content (AvgIpc) is 2.50. The third-order valence-electron chi connectivity index (χ3n) is 6.09. The second-order valence-electron chi connectivity index (χ2n) is 7.27. The number of likely N-dealkylation sites (tertiary alicyclic amines) is 1. The summed E-state index contributed by atoms with van der Waals surface area (Å²) in [6, 6.07) is 6.65. The van der Waals surface area contributed by atoms with E-state index < -0.39 is 0 Å². The molecule has 0 radical (unpaired) electrons.